The minimum atomic E-state index is -0.721. The lowest BCUT2D eigenvalue weighted by Crippen LogP contribution is -2.61. The Labute approximate surface area is 94.9 Å². The maximum Gasteiger partial charge on any atom is 0.255 e. The molecule has 0 unspecified atom stereocenters. The highest BCUT2D eigenvalue weighted by Gasteiger charge is 2.39. The van der Waals surface area contributed by atoms with Gasteiger partial charge in [0.1, 0.15) is 0 Å². The van der Waals surface area contributed by atoms with E-state index < -0.39 is 5.60 Å². The van der Waals surface area contributed by atoms with Gasteiger partial charge in [0.05, 0.1) is 29.9 Å². The zero-order valence-corrected chi connectivity index (χ0v) is 9.82. The van der Waals surface area contributed by atoms with E-state index in [-0.39, 0.29) is 5.91 Å². The van der Waals surface area contributed by atoms with Gasteiger partial charge >= 0.3 is 0 Å². The zero-order valence-electron chi connectivity index (χ0n) is 9.82. The standard InChI is InChI=1S/C12H16N2O2/c1-8-4-5-10(9(2)13-8)11(15)14-6-12(3,16)7-14/h4-5,16H,6-7H2,1-3H3. The fourth-order valence-corrected chi connectivity index (χ4v) is 2.00. The monoisotopic (exact) mass is 220 g/mol. The lowest BCUT2D eigenvalue weighted by molar-refractivity contribution is -0.0669. The smallest absolute Gasteiger partial charge is 0.255 e. The van der Waals surface area contributed by atoms with Crippen LogP contribution in [0.2, 0.25) is 0 Å². The number of likely N-dealkylation sites (tertiary alicyclic amines) is 1. The molecule has 2 heterocycles. The van der Waals surface area contributed by atoms with Gasteiger partial charge in [0, 0.05) is 5.69 Å². The molecule has 0 atom stereocenters. The largest absolute Gasteiger partial charge is 0.386 e. The molecule has 4 heteroatoms. The number of aromatic nitrogens is 1. The summed E-state index contributed by atoms with van der Waals surface area (Å²) in [6.07, 6.45) is 0. The van der Waals surface area contributed by atoms with Crippen LogP contribution in [0.1, 0.15) is 28.7 Å². The number of carbonyl (C=O) groups excluding carboxylic acids is 1. The first-order valence-corrected chi connectivity index (χ1v) is 5.35. The summed E-state index contributed by atoms with van der Waals surface area (Å²) in [4.78, 5) is 17.9. The summed E-state index contributed by atoms with van der Waals surface area (Å²) in [5.41, 5.74) is 1.56. The second-order valence-corrected chi connectivity index (χ2v) is 4.74. The van der Waals surface area contributed by atoms with Crippen LogP contribution in [0.5, 0.6) is 0 Å². The number of pyridine rings is 1. The molecule has 1 amide bonds. The van der Waals surface area contributed by atoms with E-state index >= 15 is 0 Å². The summed E-state index contributed by atoms with van der Waals surface area (Å²) < 4.78 is 0. The lowest BCUT2D eigenvalue weighted by atomic mass is 9.95. The summed E-state index contributed by atoms with van der Waals surface area (Å²) >= 11 is 0. The zero-order chi connectivity index (χ0) is 11.9. The van der Waals surface area contributed by atoms with Crippen molar-refractivity contribution in [2.45, 2.75) is 26.4 Å². The molecule has 1 aromatic rings. The predicted molar refractivity (Wildman–Crippen MR) is 60.2 cm³/mol. The molecule has 1 aliphatic heterocycles. The third kappa shape index (κ3) is 1.93. The van der Waals surface area contributed by atoms with Crippen molar-refractivity contribution in [1.82, 2.24) is 9.88 Å². The molecule has 1 aliphatic rings. The van der Waals surface area contributed by atoms with Crippen molar-refractivity contribution in [2.24, 2.45) is 0 Å². The first kappa shape index (κ1) is 11.1. The number of hydrogen-bond acceptors (Lipinski definition) is 3. The van der Waals surface area contributed by atoms with Gasteiger partial charge in [-0.15, -0.1) is 0 Å². The topological polar surface area (TPSA) is 53.4 Å². The number of carbonyl (C=O) groups is 1. The molecule has 0 aliphatic carbocycles. The van der Waals surface area contributed by atoms with E-state index in [4.69, 9.17) is 0 Å². The molecule has 1 aromatic heterocycles. The maximum absolute atomic E-state index is 12.0. The number of aryl methyl sites for hydroxylation is 2. The van der Waals surface area contributed by atoms with E-state index in [9.17, 15) is 9.90 Å². The van der Waals surface area contributed by atoms with Crippen LogP contribution in [0.15, 0.2) is 12.1 Å². The first-order chi connectivity index (χ1) is 7.39. The van der Waals surface area contributed by atoms with Crippen molar-refractivity contribution < 1.29 is 9.90 Å². The number of β-amino-alcohol motifs (C(OH)–C–C–N with tert-alkyl or cyclic N) is 1. The summed E-state index contributed by atoms with van der Waals surface area (Å²) in [5.74, 6) is -0.0449. The van der Waals surface area contributed by atoms with Gasteiger partial charge in [0.25, 0.3) is 5.91 Å². The van der Waals surface area contributed by atoms with Gasteiger partial charge in [-0.1, -0.05) is 0 Å². The fraction of sp³-hybridized carbons (Fsp3) is 0.500. The Bertz CT molecular complexity index is 433. The Kier molecular flexibility index (Phi) is 2.46. The number of aliphatic hydroxyl groups is 1. The second-order valence-electron chi connectivity index (χ2n) is 4.74. The number of rotatable bonds is 1. The third-order valence-electron chi connectivity index (χ3n) is 2.81. The molecular weight excluding hydrogens is 204 g/mol. The van der Waals surface area contributed by atoms with Gasteiger partial charge in [-0.05, 0) is 32.9 Å². The SMILES string of the molecule is Cc1ccc(C(=O)N2CC(C)(O)C2)c(C)n1. The lowest BCUT2D eigenvalue weighted by Gasteiger charge is -2.44. The Balaban J connectivity index is 2.16. The van der Waals surface area contributed by atoms with Gasteiger partial charge in [-0.2, -0.15) is 0 Å². The van der Waals surface area contributed by atoms with Gasteiger partial charge < -0.3 is 10.0 Å². The Morgan fingerprint density at radius 1 is 1.44 bits per heavy atom. The highest BCUT2D eigenvalue weighted by atomic mass is 16.3. The quantitative estimate of drug-likeness (QED) is 0.765. The minimum Gasteiger partial charge on any atom is -0.386 e. The molecule has 0 saturated carbocycles. The van der Waals surface area contributed by atoms with E-state index in [0.717, 1.165) is 11.4 Å². The second kappa shape index (κ2) is 3.56. The highest BCUT2D eigenvalue weighted by Crippen LogP contribution is 2.22. The minimum absolute atomic E-state index is 0.0449. The van der Waals surface area contributed by atoms with E-state index in [1.165, 1.54) is 0 Å². The Hall–Kier alpha value is -1.42. The molecule has 0 spiro atoms. The first-order valence-electron chi connectivity index (χ1n) is 5.35. The molecule has 2 rings (SSSR count). The average molecular weight is 220 g/mol. The molecule has 86 valence electrons. The van der Waals surface area contributed by atoms with Crippen molar-refractivity contribution in [3.05, 3.63) is 29.1 Å². The predicted octanol–water partition coefficient (Wildman–Crippen LogP) is 0.905. The molecule has 0 aromatic carbocycles. The molecule has 0 bridgehead atoms. The molecule has 16 heavy (non-hydrogen) atoms. The molecule has 1 N–H and O–H groups in total. The van der Waals surface area contributed by atoms with Crippen molar-refractivity contribution in [2.75, 3.05) is 13.1 Å². The molecule has 1 saturated heterocycles. The van der Waals surface area contributed by atoms with Crippen molar-refractivity contribution in [3.63, 3.8) is 0 Å². The molecule has 1 fully saturated rings. The van der Waals surface area contributed by atoms with Crippen molar-refractivity contribution >= 4 is 5.91 Å². The van der Waals surface area contributed by atoms with Crippen molar-refractivity contribution in [3.8, 4) is 0 Å². The summed E-state index contributed by atoms with van der Waals surface area (Å²) in [6, 6.07) is 3.63. The van der Waals surface area contributed by atoms with Gasteiger partial charge in [-0.25, -0.2) is 0 Å². The van der Waals surface area contributed by atoms with Crippen LogP contribution in [0.4, 0.5) is 0 Å². The van der Waals surface area contributed by atoms with Crippen LogP contribution in [0.25, 0.3) is 0 Å². The van der Waals surface area contributed by atoms with E-state index in [1.54, 1.807) is 17.9 Å². The number of hydrogen-bond donors (Lipinski definition) is 1. The summed E-state index contributed by atoms with van der Waals surface area (Å²) in [6.45, 7) is 6.27. The van der Waals surface area contributed by atoms with Gasteiger partial charge in [0.2, 0.25) is 0 Å². The van der Waals surface area contributed by atoms with Crippen LogP contribution < -0.4 is 0 Å². The average Bonchev–Trinajstić information content (AvgIpc) is 2.13. The van der Waals surface area contributed by atoms with Crippen LogP contribution in [-0.4, -0.2) is 39.6 Å². The van der Waals surface area contributed by atoms with Gasteiger partial charge in [0.15, 0.2) is 0 Å². The van der Waals surface area contributed by atoms with Gasteiger partial charge in [-0.3, -0.25) is 9.78 Å². The van der Waals surface area contributed by atoms with Crippen LogP contribution in [-0.2, 0) is 0 Å². The number of nitrogens with zero attached hydrogens (tertiary/aromatic N) is 2. The van der Waals surface area contributed by atoms with E-state index in [0.29, 0.717) is 18.7 Å². The highest BCUT2D eigenvalue weighted by molar-refractivity contribution is 5.95. The Morgan fingerprint density at radius 2 is 2.06 bits per heavy atom. The molecular formula is C12H16N2O2. The van der Waals surface area contributed by atoms with E-state index in [2.05, 4.69) is 4.98 Å². The van der Waals surface area contributed by atoms with Crippen LogP contribution >= 0.6 is 0 Å². The summed E-state index contributed by atoms with van der Waals surface area (Å²) in [5, 5.41) is 9.58. The molecule has 0 radical (unpaired) electrons. The van der Waals surface area contributed by atoms with E-state index in [1.807, 2.05) is 19.9 Å². The number of amides is 1. The summed E-state index contributed by atoms with van der Waals surface area (Å²) in [7, 11) is 0. The Morgan fingerprint density at radius 3 is 2.56 bits per heavy atom. The normalized spacial score (nSPS) is 18.1. The van der Waals surface area contributed by atoms with Crippen LogP contribution in [0.3, 0.4) is 0 Å². The van der Waals surface area contributed by atoms with Crippen LogP contribution in [0, 0.1) is 13.8 Å². The fourth-order valence-electron chi connectivity index (χ4n) is 2.00. The maximum atomic E-state index is 12.0. The third-order valence-corrected chi connectivity index (χ3v) is 2.81. The molecule has 4 nitrogen and oxygen atoms in total. The van der Waals surface area contributed by atoms with Crippen molar-refractivity contribution in [1.29, 1.82) is 0 Å².